The summed E-state index contributed by atoms with van der Waals surface area (Å²) in [7, 11) is 0. The first-order chi connectivity index (χ1) is 34.7. The van der Waals surface area contributed by atoms with Crippen molar-refractivity contribution in [2.24, 2.45) is 15.0 Å². The van der Waals surface area contributed by atoms with Crippen LogP contribution < -0.4 is 14.2 Å². The summed E-state index contributed by atoms with van der Waals surface area (Å²) in [5.41, 5.74) is 2.49. The average Bonchev–Trinajstić information content (AvgIpc) is 3.38. The molecule has 0 bridgehead atoms. The predicted octanol–water partition coefficient (Wildman–Crippen LogP) is 15.7. The molecule has 0 unspecified atom stereocenters. The van der Waals surface area contributed by atoms with Gasteiger partial charge < -0.3 is 14.2 Å². The van der Waals surface area contributed by atoms with Crippen molar-refractivity contribution in [1.82, 2.24) is 19.9 Å². The van der Waals surface area contributed by atoms with Crippen LogP contribution in [-0.4, -0.2) is 97.6 Å². The van der Waals surface area contributed by atoms with Gasteiger partial charge in [-0.05, 0) is 55.7 Å². The van der Waals surface area contributed by atoms with Crippen molar-refractivity contribution in [2.45, 2.75) is 213 Å². The fraction of sp³-hybridized carbons (Fsp3) is 0.700. The third kappa shape index (κ3) is 34.2. The maximum Gasteiger partial charge on any atom is 0.137 e. The molecule has 0 atom stereocenters. The molecule has 0 amide bonds. The number of hydrogen-bond donors (Lipinski definition) is 0. The zero-order valence-electron chi connectivity index (χ0n) is 44.9. The van der Waals surface area contributed by atoms with Crippen LogP contribution in [0.3, 0.4) is 0 Å². The van der Waals surface area contributed by atoms with E-state index in [1.807, 2.05) is 73.6 Å². The van der Waals surface area contributed by atoms with Gasteiger partial charge in [-0.2, -0.15) is 0 Å². The third-order valence-electron chi connectivity index (χ3n) is 12.9. The van der Waals surface area contributed by atoms with Gasteiger partial charge in [0, 0.05) is 38.3 Å². The van der Waals surface area contributed by atoms with Crippen LogP contribution in [0.2, 0.25) is 0 Å². The molecule has 3 rings (SSSR count). The Balaban J connectivity index is 1.38. The summed E-state index contributed by atoms with van der Waals surface area (Å²) in [6.45, 7) is 13.4. The molecule has 0 N–H and O–H groups in total. The van der Waals surface area contributed by atoms with Crippen molar-refractivity contribution >= 4 is 18.6 Å². The number of unbranched alkanes of at least 4 members (excludes halogenated alkanes) is 27. The van der Waals surface area contributed by atoms with Gasteiger partial charge in [0.15, 0.2) is 0 Å². The van der Waals surface area contributed by atoms with Gasteiger partial charge in [-0.1, -0.05) is 194 Å². The lowest BCUT2D eigenvalue weighted by Crippen LogP contribution is -2.31. The number of pyridine rings is 3. The van der Waals surface area contributed by atoms with Crippen molar-refractivity contribution in [3.8, 4) is 17.2 Å². The molecular formula is C60H99N7O3. The largest absolute Gasteiger partial charge is 0.492 e. The molecule has 10 nitrogen and oxygen atoms in total. The quantitative estimate of drug-likeness (QED) is 0.0410. The first-order valence-electron chi connectivity index (χ1n) is 28.7. The molecule has 0 aliphatic carbocycles. The summed E-state index contributed by atoms with van der Waals surface area (Å²) in [5, 5.41) is 0. The minimum Gasteiger partial charge on any atom is -0.492 e. The van der Waals surface area contributed by atoms with Gasteiger partial charge in [-0.15, -0.1) is 0 Å². The second-order valence-corrected chi connectivity index (χ2v) is 19.3. The summed E-state index contributed by atoms with van der Waals surface area (Å²) < 4.78 is 17.9. The SMILES string of the molecule is CCCCCCCCCCCCOc1ccc(C=NCCN(CCN=Cc2ccc(OCCCCCCCCCCCC)cn2)CCN=Cc2ccc(OCCCCCCCCCCCC)cn2)nc1. The number of nitrogens with zero attached hydrogens (tertiary/aromatic N) is 7. The van der Waals surface area contributed by atoms with Gasteiger partial charge in [0.1, 0.15) is 17.2 Å². The second-order valence-electron chi connectivity index (χ2n) is 19.3. The molecule has 3 aromatic rings. The highest BCUT2D eigenvalue weighted by atomic mass is 16.5. The molecule has 0 saturated carbocycles. The highest BCUT2D eigenvalue weighted by molar-refractivity contribution is 5.77. The molecule has 0 spiro atoms. The third-order valence-corrected chi connectivity index (χ3v) is 12.9. The van der Waals surface area contributed by atoms with Crippen LogP contribution in [0.5, 0.6) is 17.2 Å². The average molecular weight is 966 g/mol. The van der Waals surface area contributed by atoms with Crippen LogP contribution in [0.25, 0.3) is 0 Å². The monoisotopic (exact) mass is 966 g/mol. The Kier molecular flexibility index (Phi) is 38.4. The Bertz CT molecular complexity index is 1490. The summed E-state index contributed by atoms with van der Waals surface area (Å²) >= 11 is 0. The van der Waals surface area contributed by atoms with Crippen molar-refractivity contribution < 1.29 is 14.2 Å². The molecule has 0 saturated heterocycles. The molecule has 0 aliphatic heterocycles. The van der Waals surface area contributed by atoms with E-state index in [0.717, 1.165) is 93.0 Å². The zero-order valence-corrected chi connectivity index (χ0v) is 44.9. The lowest BCUT2D eigenvalue weighted by atomic mass is 10.1. The second kappa shape index (κ2) is 44.7. The Morgan fingerprint density at radius 2 is 0.586 bits per heavy atom. The normalized spacial score (nSPS) is 11.8. The molecular weight excluding hydrogens is 867 g/mol. The summed E-state index contributed by atoms with van der Waals surface area (Å²) in [6.07, 6.45) is 50.5. The maximum absolute atomic E-state index is 5.97. The smallest absolute Gasteiger partial charge is 0.137 e. The van der Waals surface area contributed by atoms with E-state index in [0.29, 0.717) is 19.6 Å². The minimum atomic E-state index is 0.649. The lowest BCUT2D eigenvalue weighted by molar-refractivity contribution is 0.298. The molecule has 392 valence electrons. The fourth-order valence-electron chi connectivity index (χ4n) is 8.41. The Morgan fingerprint density at radius 3 is 0.814 bits per heavy atom. The fourth-order valence-corrected chi connectivity index (χ4v) is 8.41. The Labute approximate surface area is 427 Å². The van der Waals surface area contributed by atoms with Crippen LogP contribution in [0.1, 0.15) is 230 Å². The van der Waals surface area contributed by atoms with Crippen LogP contribution in [0.4, 0.5) is 0 Å². The number of rotatable bonds is 48. The van der Waals surface area contributed by atoms with Gasteiger partial charge in [-0.3, -0.25) is 34.8 Å². The van der Waals surface area contributed by atoms with E-state index >= 15 is 0 Å². The summed E-state index contributed by atoms with van der Waals surface area (Å²) in [4.78, 5) is 30.3. The van der Waals surface area contributed by atoms with E-state index in [2.05, 4.69) is 40.6 Å². The van der Waals surface area contributed by atoms with Gasteiger partial charge in [0.05, 0.1) is 75.1 Å². The predicted molar refractivity (Wildman–Crippen MR) is 299 cm³/mol. The summed E-state index contributed by atoms with van der Waals surface area (Å²) in [5.74, 6) is 2.45. The topological polar surface area (TPSA) is 107 Å². The van der Waals surface area contributed by atoms with Crippen molar-refractivity contribution in [2.75, 3.05) is 59.1 Å². The molecule has 70 heavy (non-hydrogen) atoms. The molecule has 10 heteroatoms. The number of aliphatic imine (C=N–C) groups is 3. The van der Waals surface area contributed by atoms with Gasteiger partial charge >= 0.3 is 0 Å². The van der Waals surface area contributed by atoms with Crippen molar-refractivity contribution in [3.63, 3.8) is 0 Å². The van der Waals surface area contributed by atoms with Gasteiger partial charge in [0.2, 0.25) is 0 Å². The van der Waals surface area contributed by atoms with E-state index in [1.165, 1.54) is 173 Å². The molecule has 3 aromatic heterocycles. The van der Waals surface area contributed by atoms with Gasteiger partial charge in [-0.25, -0.2) is 0 Å². The summed E-state index contributed by atoms with van der Waals surface area (Å²) in [6, 6.07) is 11.9. The van der Waals surface area contributed by atoms with E-state index in [-0.39, 0.29) is 0 Å². The highest BCUT2D eigenvalue weighted by Crippen LogP contribution is 2.16. The molecule has 0 aromatic carbocycles. The number of aromatic nitrogens is 3. The molecule has 0 aliphatic rings. The van der Waals surface area contributed by atoms with E-state index in [9.17, 15) is 0 Å². The first-order valence-corrected chi connectivity index (χ1v) is 28.7. The molecule has 0 fully saturated rings. The molecule has 3 heterocycles. The van der Waals surface area contributed by atoms with Gasteiger partial charge in [0.25, 0.3) is 0 Å². The number of ether oxygens (including phenoxy) is 3. The Morgan fingerprint density at radius 1 is 0.343 bits per heavy atom. The van der Waals surface area contributed by atoms with Crippen molar-refractivity contribution in [1.29, 1.82) is 0 Å². The first kappa shape index (κ1) is 60.1. The zero-order chi connectivity index (χ0) is 49.5. The van der Waals surface area contributed by atoms with Crippen molar-refractivity contribution in [3.05, 3.63) is 72.1 Å². The van der Waals surface area contributed by atoms with Crippen LogP contribution in [0.15, 0.2) is 70.0 Å². The lowest BCUT2D eigenvalue weighted by Gasteiger charge is -2.19. The number of hydrogen-bond acceptors (Lipinski definition) is 10. The Hall–Kier alpha value is -4.18. The highest BCUT2D eigenvalue weighted by Gasteiger charge is 2.05. The van der Waals surface area contributed by atoms with E-state index in [1.54, 1.807) is 0 Å². The van der Waals surface area contributed by atoms with Crippen LogP contribution in [0, 0.1) is 0 Å². The van der Waals surface area contributed by atoms with E-state index in [4.69, 9.17) is 29.2 Å². The van der Waals surface area contributed by atoms with Crippen LogP contribution in [-0.2, 0) is 0 Å². The standard InChI is InChI=1S/C60H99N7O3/c1-4-7-10-13-16-19-22-25-28-31-46-68-58-37-34-55(64-52-58)49-61-40-43-67(44-41-62-50-56-35-38-59(53-65-56)69-47-32-29-26-23-20-17-14-11-8-5-2)45-42-63-51-57-36-39-60(54-66-57)70-48-33-30-27-24-21-18-15-12-9-6-3/h34-39,49-54H,4-33,40-48H2,1-3H3. The van der Waals surface area contributed by atoms with Crippen LogP contribution >= 0.6 is 0 Å². The minimum absolute atomic E-state index is 0.649. The maximum atomic E-state index is 5.97. The molecule has 0 radical (unpaired) electrons. The van der Waals surface area contributed by atoms with E-state index < -0.39 is 0 Å².